The van der Waals surface area contributed by atoms with Crippen molar-refractivity contribution in [3.05, 3.63) is 35.8 Å². The lowest BCUT2D eigenvalue weighted by Gasteiger charge is -2.69. The van der Waals surface area contributed by atoms with Crippen molar-refractivity contribution in [1.29, 1.82) is 0 Å². The van der Waals surface area contributed by atoms with Gasteiger partial charge in [0.05, 0.1) is 43.0 Å². The third-order valence-electron chi connectivity index (χ3n) is 12.9. The molecule has 12 atom stereocenters. The van der Waals surface area contributed by atoms with Crippen LogP contribution in [0.1, 0.15) is 86.3 Å². The van der Waals surface area contributed by atoms with E-state index in [1.165, 1.54) is 25.7 Å². The van der Waals surface area contributed by atoms with Gasteiger partial charge in [0.2, 0.25) is 5.79 Å². The number of cyclic esters (lactones) is 1. The van der Waals surface area contributed by atoms with Crippen LogP contribution in [0.25, 0.3) is 0 Å². The summed E-state index contributed by atoms with van der Waals surface area (Å²) < 4.78 is 35.5. The van der Waals surface area contributed by atoms with Gasteiger partial charge in [0.15, 0.2) is 11.7 Å². The molecule has 0 radical (unpaired) electrons. The average Bonchev–Trinajstić information content (AvgIpc) is 3.70. The molecule has 4 heterocycles. The van der Waals surface area contributed by atoms with Gasteiger partial charge in [0.25, 0.3) is 0 Å². The highest BCUT2D eigenvalue weighted by molar-refractivity contribution is 5.86. The molecule has 3 N–H and O–H groups in total. The molecule has 2 aliphatic carbocycles. The van der Waals surface area contributed by atoms with E-state index in [0.29, 0.717) is 12.0 Å². The van der Waals surface area contributed by atoms with Gasteiger partial charge >= 0.3 is 23.9 Å². The highest BCUT2D eigenvalue weighted by Crippen LogP contribution is 2.82. The molecule has 5 aliphatic rings. The van der Waals surface area contributed by atoms with Crippen molar-refractivity contribution in [2.75, 3.05) is 7.11 Å². The minimum absolute atomic E-state index is 0.0879. The van der Waals surface area contributed by atoms with Gasteiger partial charge in [-0.1, -0.05) is 48.5 Å². The van der Waals surface area contributed by atoms with Crippen LogP contribution in [0.15, 0.2) is 34.7 Å². The molecule has 13 heteroatoms. The number of aliphatic hydroxyl groups is 3. The quantitative estimate of drug-likeness (QED) is 0.267. The Kier molecular flexibility index (Phi) is 8.07. The second kappa shape index (κ2) is 11.1. The van der Waals surface area contributed by atoms with E-state index in [1.807, 2.05) is 0 Å². The Morgan fingerprint density at radius 3 is 2.27 bits per heavy atom. The molecule has 1 aromatic heterocycles. The van der Waals surface area contributed by atoms with Crippen molar-refractivity contribution >= 4 is 23.9 Å². The molecule has 1 spiro atoms. The number of aliphatic hydroxyl groups excluding tert-OH is 1. The fourth-order valence-electron chi connectivity index (χ4n) is 10.2. The SMILES string of the molecule is CCC(C)C(=O)O[C@H]1C(C)(C)[C@H](CC(=O)OC)[C@@]2(C)C3C[C@H](O)[C@]4(C)C(=CC(=O)O[C@H]4c4ccoc4)C34OC2(O)C1(O)[C@H]4OC(=O)C(C)C. The Morgan fingerprint density at radius 2 is 1.69 bits per heavy atom. The summed E-state index contributed by atoms with van der Waals surface area (Å²) in [7, 11) is 1.23. The average molecular weight is 689 g/mol. The lowest BCUT2D eigenvalue weighted by Crippen LogP contribution is -2.85. The number of ether oxygens (including phenoxy) is 5. The number of carbonyl (C=O) groups excluding carboxylic acids is 4. The van der Waals surface area contributed by atoms with E-state index in [1.54, 1.807) is 61.5 Å². The zero-order valence-corrected chi connectivity index (χ0v) is 29.5. The van der Waals surface area contributed by atoms with Crippen LogP contribution >= 0.6 is 0 Å². The Bertz CT molecular complexity index is 1580. The zero-order valence-electron chi connectivity index (χ0n) is 29.5. The van der Waals surface area contributed by atoms with Crippen LogP contribution in [0.4, 0.5) is 0 Å². The molecule has 49 heavy (non-hydrogen) atoms. The third kappa shape index (κ3) is 4.19. The summed E-state index contributed by atoms with van der Waals surface area (Å²) in [5.41, 5.74) is -8.37. The largest absolute Gasteiger partial charge is 0.472 e. The number of hydrogen-bond donors (Lipinski definition) is 3. The minimum atomic E-state index is -2.65. The van der Waals surface area contributed by atoms with E-state index in [2.05, 4.69) is 0 Å². The fourth-order valence-corrected chi connectivity index (χ4v) is 10.2. The summed E-state index contributed by atoms with van der Waals surface area (Å²) in [6, 6.07) is 1.60. The molecule has 2 bridgehead atoms. The Balaban J connectivity index is 1.68. The molecule has 6 rings (SSSR count). The highest BCUT2D eigenvalue weighted by Gasteiger charge is 2.96. The predicted molar refractivity (Wildman–Crippen MR) is 168 cm³/mol. The first-order chi connectivity index (χ1) is 22.7. The van der Waals surface area contributed by atoms with E-state index in [9.17, 15) is 34.5 Å². The van der Waals surface area contributed by atoms with Crippen molar-refractivity contribution in [2.45, 2.75) is 116 Å². The van der Waals surface area contributed by atoms with Gasteiger partial charge < -0.3 is 43.4 Å². The fraction of sp³-hybridized carbons (Fsp3) is 0.722. The number of fused-ring (bicyclic) bond motifs is 2. The molecule has 0 aromatic carbocycles. The lowest BCUT2D eigenvalue weighted by molar-refractivity contribution is -0.386. The van der Waals surface area contributed by atoms with Crippen LogP contribution in [0.3, 0.4) is 0 Å². The Morgan fingerprint density at radius 1 is 1.04 bits per heavy atom. The molecule has 13 nitrogen and oxygen atoms in total. The maximum Gasteiger partial charge on any atom is 0.331 e. The first-order valence-electron chi connectivity index (χ1n) is 17.0. The second-order valence-corrected chi connectivity index (χ2v) is 15.9. The first-order valence-corrected chi connectivity index (χ1v) is 17.0. The number of furan rings is 1. The van der Waals surface area contributed by atoms with Crippen LogP contribution in [-0.4, -0.2) is 81.6 Å². The molecule has 3 aliphatic heterocycles. The number of esters is 4. The monoisotopic (exact) mass is 688 g/mol. The molecule has 1 aromatic rings. The van der Waals surface area contributed by atoms with Crippen molar-refractivity contribution < 1.29 is 62.6 Å². The van der Waals surface area contributed by atoms with Crippen LogP contribution in [0.2, 0.25) is 0 Å². The van der Waals surface area contributed by atoms with E-state index in [4.69, 9.17) is 28.1 Å². The van der Waals surface area contributed by atoms with Crippen molar-refractivity contribution in [3.63, 3.8) is 0 Å². The third-order valence-corrected chi connectivity index (χ3v) is 12.9. The molecule has 270 valence electrons. The van der Waals surface area contributed by atoms with Gasteiger partial charge in [0.1, 0.15) is 17.8 Å². The second-order valence-electron chi connectivity index (χ2n) is 15.9. The van der Waals surface area contributed by atoms with Crippen molar-refractivity contribution in [3.8, 4) is 0 Å². The van der Waals surface area contributed by atoms with Crippen LogP contribution < -0.4 is 0 Å². The van der Waals surface area contributed by atoms with Crippen LogP contribution in [-0.2, 0) is 42.9 Å². The summed E-state index contributed by atoms with van der Waals surface area (Å²) in [6.07, 6.45) is -1.69. The lowest BCUT2D eigenvalue weighted by atomic mass is 9.36. The standard InChI is InChI=1S/C36H48O13/c1-10-18(4)28(41)48-29-31(5,6)20(14-24(38)44-9)33(8)22-13-23(37)32(7)21(15-25(39)46-26(32)19-11-12-45-16-19)34(22)30(47-27(40)17(2)3)35(29,42)36(33,43)49-34/h11-12,15-18,20,22-23,26,29-30,37,42-43H,10,13-14H2,1-9H3/t18?,20-,22?,23-,26-,29-,30-,32-,33-,34?,35?,36?/m0/s1. The summed E-state index contributed by atoms with van der Waals surface area (Å²) >= 11 is 0. The number of methoxy groups -OCH3 is 1. The maximum atomic E-state index is 13.6. The maximum absolute atomic E-state index is 13.6. The Hall–Kier alpha value is -3.26. The highest BCUT2D eigenvalue weighted by atomic mass is 16.7. The van der Waals surface area contributed by atoms with Gasteiger partial charge in [-0.05, 0) is 37.3 Å². The summed E-state index contributed by atoms with van der Waals surface area (Å²) in [4.78, 5) is 53.9. The predicted octanol–water partition coefficient (Wildman–Crippen LogP) is 3.14. The topological polar surface area (TPSA) is 188 Å². The minimum Gasteiger partial charge on any atom is -0.472 e. The molecule has 5 unspecified atom stereocenters. The van der Waals surface area contributed by atoms with Gasteiger partial charge in [-0.2, -0.15) is 0 Å². The normalized spacial score (nSPS) is 43.5. The first kappa shape index (κ1) is 35.6. The smallest absolute Gasteiger partial charge is 0.331 e. The molecule has 2 saturated heterocycles. The number of rotatable bonds is 8. The van der Waals surface area contributed by atoms with E-state index in [0.717, 1.165) is 0 Å². The van der Waals surface area contributed by atoms with Crippen molar-refractivity contribution in [1.82, 2.24) is 0 Å². The van der Waals surface area contributed by atoms with E-state index < -0.39 is 105 Å². The molecular formula is C36H48O13. The van der Waals surface area contributed by atoms with Crippen molar-refractivity contribution in [2.24, 2.45) is 39.9 Å². The molecule has 4 fully saturated rings. The molecule has 0 amide bonds. The van der Waals surface area contributed by atoms with Gasteiger partial charge in [-0.15, -0.1) is 0 Å². The van der Waals surface area contributed by atoms with Crippen LogP contribution in [0.5, 0.6) is 0 Å². The number of hydrogen-bond acceptors (Lipinski definition) is 13. The summed E-state index contributed by atoms with van der Waals surface area (Å²) in [5, 5.41) is 38.7. The van der Waals surface area contributed by atoms with Gasteiger partial charge in [-0.3, -0.25) is 14.4 Å². The van der Waals surface area contributed by atoms with Crippen LogP contribution in [0, 0.1) is 39.9 Å². The Labute approximate surface area is 285 Å². The van der Waals surface area contributed by atoms with E-state index >= 15 is 0 Å². The number of carbonyl (C=O) groups is 4. The molecular weight excluding hydrogens is 640 g/mol. The van der Waals surface area contributed by atoms with Gasteiger partial charge in [-0.25, -0.2) is 4.79 Å². The van der Waals surface area contributed by atoms with E-state index in [-0.39, 0.29) is 18.4 Å². The molecule has 2 saturated carbocycles. The summed E-state index contributed by atoms with van der Waals surface area (Å²) in [6.45, 7) is 13.4. The summed E-state index contributed by atoms with van der Waals surface area (Å²) in [5.74, 6) is -8.66. The van der Waals surface area contributed by atoms with Gasteiger partial charge in [0, 0.05) is 34.8 Å². The zero-order chi connectivity index (χ0) is 36.3.